The summed E-state index contributed by atoms with van der Waals surface area (Å²) in [6, 6.07) is 0.0556. The van der Waals surface area contributed by atoms with Gasteiger partial charge in [-0.2, -0.15) is 4.91 Å². The van der Waals surface area contributed by atoms with Crippen molar-refractivity contribution >= 4 is 0 Å². The molecule has 0 saturated carbocycles. The fraction of sp³-hybridized carbons (Fsp3) is 1.00. The van der Waals surface area contributed by atoms with Crippen LogP contribution in [0.5, 0.6) is 0 Å². The van der Waals surface area contributed by atoms with Crippen LogP contribution in [-0.2, 0) is 0 Å². The first kappa shape index (κ1) is 4.71. The highest BCUT2D eigenvalue weighted by Crippen LogP contribution is 1.99. The zero-order chi connectivity index (χ0) is 5.11. The van der Waals surface area contributed by atoms with Crippen LogP contribution >= 0.6 is 0 Å². The molecule has 1 rings (SSSR count). The Bertz CT molecular complexity index is 68.1. The second-order valence-corrected chi connectivity index (χ2v) is 1.75. The van der Waals surface area contributed by atoms with Crippen LogP contribution in [0.25, 0.3) is 0 Å². The molecule has 1 N–H and O–H groups in total. The number of nitroso groups, excluding NO2 is 1. The molecule has 0 radical (unpaired) electrons. The summed E-state index contributed by atoms with van der Waals surface area (Å²) in [7, 11) is 0. The molecule has 1 aliphatic rings. The molecule has 0 spiro atoms. The third-order valence-corrected chi connectivity index (χ3v) is 1.18. The van der Waals surface area contributed by atoms with Gasteiger partial charge in [0.2, 0.25) is 0 Å². The molecule has 40 valence electrons. The normalized spacial score (nSPS) is 30.6. The van der Waals surface area contributed by atoms with E-state index < -0.39 is 0 Å². The Morgan fingerprint density at radius 1 is 1.71 bits per heavy atom. The summed E-state index contributed by atoms with van der Waals surface area (Å²) in [5.74, 6) is 0. The van der Waals surface area contributed by atoms with Crippen molar-refractivity contribution in [2.75, 3.05) is 13.1 Å². The molecule has 3 heteroatoms. The van der Waals surface area contributed by atoms with Gasteiger partial charge in [0.05, 0.1) is 0 Å². The molecule has 0 amide bonds. The lowest BCUT2D eigenvalue weighted by molar-refractivity contribution is 0.738. The smallest absolute Gasteiger partial charge is 0.106 e. The van der Waals surface area contributed by atoms with Crippen LogP contribution in [0.1, 0.15) is 6.42 Å². The predicted octanol–water partition coefficient (Wildman–Crippen LogP) is 0.115. The molecule has 1 atom stereocenters. The number of hydrogen-bond acceptors (Lipinski definition) is 3. The lowest BCUT2D eigenvalue weighted by atomic mass is 10.3. The first-order valence-corrected chi connectivity index (χ1v) is 2.46. The maximum absolute atomic E-state index is 9.72. The zero-order valence-corrected chi connectivity index (χ0v) is 4.05. The molecular weight excluding hydrogens is 92.1 g/mol. The highest BCUT2D eigenvalue weighted by atomic mass is 16.3. The van der Waals surface area contributed by atoms with E-state index in [1.54, 1.807) is 0 Å². The van der Waals surface area contributed by atoms with Gasteiger partial charge < -0.3 is 5.32 Å². The number of hydrogen-bond donors (Lipinski definition) is 1. The summed E-state index contributed by atoms with van der Waals surface area (Å²) < 4.78 is 0. The highest BCUT2D eigenvalue weighted by molar-refractivity contribution is 4.75. The third-order valence-electron chi connectivity index (χ3n) is 1.18. The number of nitrogens with one attached hydrogen (secondary N) is 1. The quantitative estimate of drug-likeness (QED) is 0.475. The Morgan fingerprint density at radius 2 is 2.57 bits per heavy atom. The van der Waals surface area contributed by atoms with Gasteiger partial charge in [-0.25, -0.2) is 0 Å². The van der Waals surface area contributed by atoms with E-state index in [-0.39, 0.29) is 6.04 Å². The van der Waals surface area contributed by atoms with Crippen LogP contribution < -0.4 is 5.32 Å². The molecule has 0 aromatic rings. The van der Waals surface area contributed by atoms with Gasteiger partial charge in [0.25, 0.3) is 0 Å². The van der Waals surface area contributed by atoms with Gasteiger partial charge in [0.15, 0.2) is 0 Å². The number of rotatable bonds is 1. The van der Waals surface area contributed by atoms with E-state index in [0.29, 0.717) is 0 Å². The predicted molar refractivity (Wildman–Crippen MR) is 27.1 cm³/mol. The molecule has 1 unspecified atom stereocenters. The van der Waals surface area contributed by atoms with Gasteiger partial charge in [-0.15, -0.1) is 0 Å². The van der Waals surface area contributed by atoms with E-state index >= 15 is 0 Å². The molecule has 0 aromatic carbocycles. The van der Waals surface area contributed by atoms with Crippen LogP contribution in [-0.4, -0.2) is 19.1 Å². The minimum absolute atomic E-state index is 0.0556. The van der Waals surface area contributed by atoms with Crippen LogP contribution in [0, 0.1) is 4.91 Å². The van der Waals surface area contributed by atoms with Crippen LogP contribution in [0.3, 0.4) is 0 Å². The monoisotopic (exact) mass is 100 g/mol. The van der Waals surface area contributed by atoms with E-state index in [1.807, 2.05) is 0 Å². The molecule has 7 heavy (non-hydrogen) atoms. The molecular formula is C4H8N2O. The maximum Gasteiger partial charge on any atom is 0.106 e. The van der Waals surface area contributed by atoms with Crippen molar-refractivity contribution in [1.29, 1.82) is 0 Å². The fourth-order valence-corrected chi connectivity index (χ4v) is 0.729. The summed E-state index contributed by atoms with van der Waals surface area (Å²) in [6.07, 6.45) is 0.920. The summed E-state index contributed by atoms with van der Waals surface area (Å²) >= 11 is 0. The summed E-state index contributed by atoms with van der Waals surface area (Å²) in [6.45, 7) is 1.74. The minimum Gasteiger partial charge on any atom is -0.314 e. The molecule has 1 heterocycles. The summed E-state index contributed by atoms with van der Waals surface area (Å²) in [5, 5.41) is 5.90. The summed E-state index contributed by atoms with van der Waals surface area (Å²) in [4.78, 5) is 9.72. The van der Waals surface area contributed by atoms with Gasteiger partial charge in [-0.1, -0.05) is 5.18 Å². The van der Waals surface area contributed by atoms with Gasteiger partial charge in [-0.3, -0.25) is 0 Å². The van der Waals surface area contributed by atoms with E-state index in [0.717, 1.165) is 19.5 Å². The van der Waals surface area contributed by atoms with Crippen LogP contribution in [0.2, 0.25) is 0 Å². The standard InChI is InChI=1S/C4H8N2O/c7-6-4-1-2-5-3-4/h4-5H,1-3H2. The lowest BCUT2D eigenvalue weighted by Gasteiger charge is -1.88. The van der Waals surface area contributed by atoms with Gasteiger partial charge in [0, 0.05) is 6.54 Å². The van der Waals surface area contributed by atoms with Crippen molar-refractivity contribution in [3.63, 3.8) is 0 Å². The topological polar surface area (TPSA) is 41.5 Å². The maximum atomic E-state index is 9.72. The first-order chi connectivity index (χ1) is 3.43. The Labute approximate surface area is 42.1 Å². The Balaban J connectivity index is 2.26. The second kappa shape index (κ2) is 2.02. The van der Waals surface area contributed by atoms with Gasteiger partial charge >= 0.3 is 0 Å². The third kappa shape index (κ3) is 0.962. The Morgan fingerprint density at radius 3 is 2.86 bits per heavy atom. The molecule has 0 bridgehead atoms. The van der Waals surface area contributed by atoms with E-state index in [4.69, 9.17) is 0 Å². The SMILES string of the molecule is O=NC1CCNC1. The zero-order valence-electron chi connectivity index (χ0n) is 4.05. The average Bonchev–Trinajstić information content (AvgIpc) is 2.14. The van der Waals surface area contributed by atoms with E-state index in [1.165, 1.54) is 0 Å². The second-order valence-electron chi connectivity index (χ2n) is 1.75. The van der Waals surface area contributed by atoms with Crippen molar-refractivity contribution in [3.05, 3.63) is 4.91 Å². The molecule has 1 fully saturated rings. The molecule has 1 aliphatic heterocycles. The molecule has 0 aliphatic carbocycles. The summed E-state index contributed by atoms with van der Waals surface area (Å²) in [5.41, 5.74) is 0. The van der Waals surface area contributed by atoms with Crippen molar-refractivity contribution < 1.29 is 0 Å². The highest BCUT2D eigenvalue weighted by Gasteiger charge is 2.12. The van der Waals surface area contributed by atoms with Gasteiger partial charge in [0.1, 0.15) is 6.04 Å². The van der Waals surface area contributed by atoms with Crippen LogP contribution in [0.4, 0.5) is 0 Å². The molecule has 0 aromatic heterocycles. The van der Waals surface area contributed by atoms with Crippen molar-refractivity contribution in [3.8, 4) is 0 Å². The average molecular weight is 100 g/mol. The fourth-order valence-electron chi connectivity index (χ4n) is 0.729. The van der Waals surface area contributed by atoms with Crippen molar-refractivity contribution in [2.24, 2.45) is 5.18 Å². The molecule has 1 saturated heterocycles. The van der Waals surface area contributed by atoms with E-state index in [2.05, 4.69) is 10.5 Å². The lowest BCUT2D eigenvalue weighted by Crippen LogP contribution is -2.10. The van der Waals surface area contributed by atoms with Gasteiger partial charge in [-0.05, 0) is 13.0 Å². The number of nitrogens with zero attached hydrogens (tertiary/aromatic N) is 1. The Hall–Kier alpha value is -0.440. The van der Waals surface area contributed by atoms with Crippen molar-refractivity contribution in [2.45, 2.75) is 12.5 Å². The first-order valence-electron chi connectivity index (χ1n) is 2.46. The van der Waals surface area contributed by atoms with E-state index in [9.17, 15) is 4.91 Å². The van der Waals surface area contributed by atoms with Crippen LogP contribution in [0.15, 0.2) is 5.18 Å². The molecule has 3 nitrogen and oxygen atoms in total. The van der Waals surface area contributed by atoms with Crippen molar-refractivity contribution in [1.82, 2.24) is 5.32 Å². The Kier molecular flexibility index (Phi) is 1.36. The minimum atomic E-state index is 0.0556. The largest absolute Gasteiger partial charge is 0.314 e.